The zero-order valence-corrected chi connectivity index (χ0v) is 25.4. The second-order valence-electron chi connectivity index (χ2n) is 10.8. The van der Waals surface area contributed by atoms with Crippen molar-refractivity contribution in [3.63, 3.8) is 0 Å². The Morgan fingerprint density at radius 1 is 1.02 bits per heavy atom. The van der Waals surface area contributed by atoms with Crippen LogP contribution in [-0.4, -0.2) is 36.8 Å². The molecule has 222 valence electrons. The summed E-state index contributed by atoms with van der Waals surface area (Å²) >= 11 is 1.28. The number of ether oxygens (including phenoxy) is 2. The van der Waals surface area contributed by atoms with Gasteiger partial charge in [-0.25, -0.2) is 9.79 Å². The van der Waals surface area contributed by atoms with Gasteiger partial charge >= 0.3 is 5.97 Å². The number of furan rings is 1. The van der Waals surface area contributed by atoms with E-state index in [1.54, 1.807) is 17.6 Å². The summed E-state index contributed by atoms with van der Waals surface area (Å²) < 4.78 is 19.5. The van der Waals surface area contributed by atoms with Crippen LogP contribution in [0.2, 0.25) is 0 Å². The zero-order valence-electron chi connectivity index (χ0n) is 24.6. The first-order valence-electron chi connectivity index (χ1n) is 14.8. The summed E-state index contributed by atoms with van der Waals surface area (Å²) in [7, 11) is 0. The minimum Gasteiger partial charge on any atom is -0.494 e. The third-order valence-corrected chi connectivity index (χ3v) is 8.84. The molecule has 43 heavy (non-hydrogen) atoms. The predicted octanol–water partition coefficient (Wildman–Crippen LogP) is 5.16. The Bertz CT molecular complexity index is 1810. The number of nitrogens with zero attached hydrogens (tertiary/aromatic N) is 3. The van der Waals surface area contributed by atoms with E-state index in [-0.39, 0.29) is 12.2 Å². The van der Waals surface area contributed by atoms with Crippen molar-refractivity contribution in [2.75, 3.05) is 31.2 Å². The number of thiazole rings is 1. The molecule has 2 aromatic carbocycles. The number of fused-ring (bicyclic) bond motifs is 1. The highest BCUT2D eigenvalue weighted by atomic mass is 32.1. The van der Waals surface area contributed by atoms with E-state index >= 15 is 0 Å². The van der Waals surface area contributed by atoms with E-state index in [1.165, 1.54) is 11.3 Å². The van der Waals surface area contributed by atoms with Crippen LogP contribution in [0.5, 0.6) is 5.75 Å². The molecule has 6 rings (SSSR count). The number of carbonyl (C=O) groups excluding carboxylic acids is 1. The van der Waals surface area contributed by atoms with E-state index < -0.39 is 12.0 Å². The first kappa shape index (κ1) is 28.7. The minimum atomic E-state index is -0.745. The Labute approximate surface area is 254 Å². The van der Waals surface area contributed by atoms with Crippen molar-refractivity contribution in [1.29, 1.82) is 0 Å². The van der Waals surface area contributed by atoms with Crippen LogP contribution in [0.3, 0.4) is 0 Å². The number of carbonyl (C=O) groups is 1. The van der Waals surface area contributed by atoms with Gasteiger partial charge in [0.1, 0.15) is 11.5 Å². The van der Waals surface area contributed by atoms with Gasteiger partial charge in [-0.2, -0.15) is 0 Å². The van der Waals surface area contributed by atoms with Crippen LogP contribution in [0, 0.1) is 5.92 Å². The summed E-state index contributed by atoms with van der Waals surface area (Å²) in [4.78, 5) is 35.4. The number of hydrogen-bond donors (Lipinski definition) is 0. The van der Waals surface area contributed by atoms with E-state index in [9.17, 15) is 9.59 Å². The molecule has 0 spiro atoms. The Morgan fingerprint density at radius 2 is 1.77 bits per heavy atom. The fourth-order valence-electron chi connectivity index (χ4n) is 5.62. The molecular formula is C34H35N3O5S. The van der Waals surface area contributed by atoms with Crippen molar-refractivity contribution in [3.8, 4) is 5.75 Å². The Morgan fingerprint density at radius 3 is 2.47 bits per heavy atom. The van der Waals surface area contributed by atoms with Gasteiger partial charge in [0.2, 0.25) is 0 Å². The van der Waals surface area contributed by atoms with Crippen LogP contribution in [0.1, 0.15) is 56.5 Å². The number of hydrogen-bond acceptors (Lipinski definition) is 8. The van der Waals surface area contributed by atoms with Crippen molar-refractivity contribution in [2.24, 2.45) is 10.9 Å². The van der Waals surface area contributed by atoms with Gasteiger partial charge in [0.15, 0.2) is 10.7 Å². The molecule has 0 aliphatic carbocycles. The van der Waals surface area contributed by atoms with Gasteiger partial charge in [-0.1, -0.05) is 60.7 Å². The lowest BCUT2D eigenvalue weighted by Gasteiger charge is -2.29. The van der Waals surface area contributed by atoms with Crippen molar-refractivity contribution >= 4 is 35.0 Å². The molecular weight excluding hydrogens is 562 g/mol. The van der Waals surface area contributed by atoms with Crippen molar-refractivity contribution in [1.82, 2.24) is 4.57 Å². The van der Waals surface area contributed by atoms with Gasteiger partial charge in [-0.3, -0.25) is 9.36 Å². The van der Waals surface area contributed by atoms with Crippen LogP contribution >= 0.6 is 11.3 Å². The van der Waals surface area contributed by atoms with Gasteiger partial charge < -0.3 is 18.8 Å². The molecule has 2 aliphatic heterocycles. The molecule has 1 atom stereocenters. The summed E-state index contributed by atoms with van der Waals surface area (Å²) in [6.45, 7) is 8.61. The second-order valence-corrected chi connectivity index (χ2v) is 11.8. The summed E-state index contributed by atoms with van der Waals surface area (Å²) in [5, 5.41) is 0. The number of esters is 1. The Kier molecular flexibility index (Phi) is 8.33. The molecule has 0 radical (unpaired) electrons. The lowest BCUT2D eigenvalue weighted by atomic mass is 9.93. The molecule has 0 unspecified atom stereocenters. The van der Waals surface area contributed by atoms with Crippen molar-refractivity contribution in [2.45, 2.75) is 39.7 Å². The molecule has 1 fully saturated rings. The molecule has 2 aliphatic rings. The second kappa shape index (κ2) is 12.5. The van der Waals surface area contributed by atoms with E-state index in [4.69, 9.17) is 18.9 Å². The summed E-state index contributed by atoms with van der Waals surface area (Å²) in [6.07, 6.45) is 4.03. The number of anilines is 1. The fraction of sp³-hybridized carbons (Fsp3) is 0.324. The third-order valence-electron chi connectivity index (χ3n) is 7.86. The standard InChI is InChI=1S/C34H35N3O5S/c1-4-40-25-13-11-24(12-14-25)31-29(33(39)41-5-2)30(23-9-7-6-8-10-23)35-34-37(31)32(38)27(43-34)21-26-15-16-28(42-26)36-19-17-22(3)18-20-36/h6-16,21-22,31H,4-5,17-20H2,1-3H3/b27-21-/t31-/m1/s1. The summed E-state index contributed by atoms with van der Waals surface area (Å²) in [6, 6.07) is 20.1. The lowest BCUT2D eigenvalue weighted by Crippen LogP contribution is -2.40. The zero-order chi connectivity index (χ0) is 29.9. The molecule has 1 saturated heterocycles. The normalized spacial score (nSPS) is 17.5. The highest BCUT2D eigenvalue weighted by Crippen LogP contribution is 2.35. The molecule has 0 saturated carbocycles. The van der Waals surface area contributed by atoms with Gasteiger partial charge in [-0.05, 0) is 56.4 Å². The van der Waals surface area contributed by atoms with E-state index in [2.05, 4.69) is 11.8 Å². The number of aromatic nitrogens is 1. The maximum atomic E-state index is 14.1. The lowest BCUT2D eigenvalue weighted by molar-refractivity contribution is -0.138. The highest BCUT2D eigenvalue weighted by Gasteiger charge is 2.35. The monoisotopic (exact) mass is 597 g/mol. The van der Waals surface area contributed by atoms with Gasteiger partial charge in [0.05, 0.1) is 35.1 Å². The Balaban J connectivity index is 1.50. The summed E-state index contributed by atoms with van der Waals surface area (Å²) in [5.74, 6) is 2.33. The highest BCUT2D eigenvalue weighted by molar-refractivity contribution is 7.07. The largest absolute Gasteiger partial charge is 0.494 e. The van der Waals surface area contributed by atoms with Crippen molar-refractivity contribution in [3.05, 3.63) is 109 Å². The average Bonchev–Trinajstić information content (AvgIpc) is 3.62. The van der Waals surface area contributed by atoms with Crippen LogP contribution < -0.4 is 24.5 Å². The van der Waals surface area contributed by atoms with Crippen LogP contribution in [-0.2, 0) is 9.53 Å². The SMILES string of the molecule is CCOC(=O)C1=C(c2ccccc2)N=c2s/c(=C\c3ccc(N4CCC(C)CC4)o3)c(=O)n2[C@@H]1c1ccc(OCC)cc1. The number of benzene rings is 2. The van der Waals surface area contributed by atoms with Crippen LogP contribution in [0.4, 0.5) is 5.88 Å². The number of rotatable bonds is 8. The average molecular weight is 598 g/mol. The van der Waals surface area contributed by atoms with E-state index in [1.807, 2.05) is 73.7 Å². The van der Waals surface area contributed by atoms with Gasteiger partial charge in [0.25, 0.3) is 5.56 Å². The maximum Gasteiger partial charge on any atom is 0.338 e. The minimum absolute atomic E-state index is 0.196. The van der Waals surface area contributed by atoms with Crippen LogP contribution in [0.15, 0.2) is 86.5 Å². The van der Waals surface area contributed by atoms with Gasteiger partial charge in [0, 0.05) is 30.8 Å². The molecule has 0 bridgehead atoms. The predicted molar refractivity (Wildman–Crippen MR) is 168 cm³/mol. The van der Waals surface area contributed by atoms with E-state index in [0.717, 1.165) is 48.9 Å². The molecule has 4 heterocycles. The van der Waals surface area contributed by atoms with E-state index in [0.29, 0.717) is 38.7 Å². The molecule has 2 aromatic heterocycles. The topological polar surface area (TPSA) is 86.3 Å². The molecule has 8 nitrogen and oxygen atoms in total. The summed E-state index contributed by atoms with van der Waals surface area (Å²) in [5.41, 5.74) is 2.08. The first-order chi connectivity index (χ1) is 21.0. The van der Waals surface area contributed by atoms with Crippen molar-refractivity contribution < 1.29 is 18.7 Å². The molecule has 9 heteroatoms. The van der Waals surface area contributed by atoms with Crippen LogP contribution in [0.25, 0.3) is 11.8 Å². The Hall–Kier alpha value is -4.37. The first-order valence-corrected chi connectivity index (χ1v) is 15.6. The molecule has 0 N–H and O–H groups in total. The maximum absolute atomic E-state index is 14.1. The fourth-order valence-corrected chi connectivity index (χ4v) is 6.60. The smallest absolute Gasteiger partial charge is 0.338 e. The molecule has 4 aromatic rings. The third kappa shape index (κ3) is 5.82. The quantitative estimate of drug-likeness (QED) is 0.261. The number of piperidine rings is 1. The molecule has 0 amide bonds. The van der Waals surface area contributed by atoms with Gasteiger partial charge in [-0.15, -0.1) is 0 Å².